The zero-order valence-corrected chi connectivity index (χ0v) is 16.8. The second-order valence-electron chi connectivity index (χ2n) is 7.90. The number of anilines is 1. The minimum Gasteiger partial charge on any atom is -0.458 e. The molecule has 3 rings (SSSR count). The summed E-state index contributed by atoms with van der Waals surface area (Å²) in [5.41, 5.74) is -1.59. The van der Waals surface area contributed by atoms with Crippen molar-refractivity contribution in [3.05, 3.63) is 36.7 Å². The van der Waals surface area contributed by atoms with Crippen LogP contribution < -0.4 is 4.90 Å². The summed E-state index contributed by atoms with van der Waals surface area (Å²) >= 11 is 0. The summed E-state index contributed by atoms with van der Waals surface area (Å²) in [7, 11) is 0. The second kappa shape index (κ2) is 7.84. The molecule has 2 aromatic rings. The van der Waals surface area contributed by atoms with E-state index in [1.807, 2.05) is 0 Å². The third kappa shape index (κ3) is 4.57. The molecule has 1 aliphatic heterocycles. The Hall–Kier alpha value is -2.91. The number of nitrogens with zero attached hydrogens (tertiary/aromatic N) is 4. The largest absolute Gasteiger partial charge is 0.458 e. The topological polar surface area (TPSA) is 115 Å². The fourth-order valence-corrected chi connectivity index (χ4v) is 2.88. The van der Waals surface area contributed by atoms with Crippen LogP contribution in [0.25, 0.3) is 11.3 Å². The number of aliphatic hydroxyl groups is 1. The fraction of sp³-hybridized carbons (Fsp3) is 0.450. The van der Waals surface area contributed by atoms with Crippen molar-refractivity contribution >= 4 is 17.7 Å². The van der Waals surface area contributed by atoms with Crippen LogP contribution >= 0.6 is 0 Å². The molecule has 2 aromatic heterocycles. The SMILES string of the molecule is CC(C)(C)OC(=O)C(C)(O)[C@H]1OCCN(c2cccc(-c3ccnnc3)n2)C1=O. The van der Waals surface area contributed by atoms with Crippen LogP contribution in [0.2, 0.25) is 0 Å². The molecule has 29 heavy (non-hydrogen) atoms. The van der Waals surface area contributed by atoms with Crippen LogP contribution in [-0.4, -0.2) is 62.6 Å². The molecule has 1 N–H and O–H groups in total. The Labute approximate surface area is 168 Å². The molecule has 9 nitrogen and oxygen atoms in total. The zero-order chi connectivity index (χ0) is 21.2. The van der Waals surface area contributed by atoms with Gasteiger partial charge in [0.15, 0.2) is 11.7 Å². The van der Waals surface area contributed by atoms with Crippen molar-refractivity contribution in [1.29, 1.82) is 0 Å². The quantitative estimate of drug-likeness (QED) is 0.765. The second-order valence-corrected chi connectivity index (χ2v) is 7.90. The number of hydrogen-bond acceptors (Lipinski definition) is 8. The molecule has 0 radical (unpaired) electrons. The highest BCUT2D eigenvalue weighted by Crippen LogP contribution is 2.27. The Kier molecular flexibility index (Phi) is 5.63. The first kappa shape index (κ1) is 20.8. The number of esters is 1. The fourth-order valence-electron chi connectivity index (χ4n) is 2.88. The van der Waals surface area contributed by atoms with E-state index < -0.39 is 29.2 Å². The van der Waals surface area contributed by atoms with Crippen molar-refractivity contribution in [3.8, 4) is 11.3 Å². The van der Waals surface area contributed by atoms with E-state index in [9.17, 15) is 14.7 Å². The minimum absolute atomic E-state index is 0.137. The Morgan fingerprint density at radius 2 is 2.00 bits per heavy atom. The van der Waals surface area contributed by atoms with E-state index in [1.165, 1.54) is 11.8 Å². The maximum atomic E-state index is 13.1. The number of hydrogen-bond donors (Lipinski definition) is 1. The summed E-state index contributed by atoms with van der Waals surface area (Å²) in [5, 5.41) is 18.3. The van der Waals surface area contributed by atoms with Crippen molar-refractivity contribution in [3.63, 3.8) is 0 Å². The van der Waals surface area contributed by atoms with Crippen LogP contribution in [0.5, 0.6) is 0 Å². The lowest BCUT2D eigenvalue weighted by molar-refractivity contribution is -0.194. The summed E-state index contributed by atoms with van der Waals surface area (Å²) in [5.74, 6) is -1.10. The number of morpholine rings is 1. The number of ether oxygens (including phenoxy) is 2. The van der Waals surface area contributed by atoms with Gasteiger partial charge in [-0.1, -0.05) is 6.07 Å². The first-order valence-electron chi connectivity index (χ1n) is 9.22. The van der Waals surface area contributed by atoms with E-state index in [0.717, 1.165) is 5.56 Å². The van der Waals surface area contributed by atoms with Gasteiger partial charge < -0.3 is 14.6 Å². The molecule has 0 aliphatic carbocycles. The van der Waals surface area contributed by atoms with Gasteiger partial charge in [0.1, 0.15) is 11.4 Å². The van der Waals surface area contributed by atoms with E-state index in [4.69, 9.17) is 9.47 Å². The molecular formula is C20H24N4O5. The minimum atomic E-state index is -2.14. The van der Waals surface area contributed by atoms with Crippen molar-refractivity contribution in [2.75, 3.05) is 18.1 Å². The third-order valence-corrected chi connectivity index (χ3v) is 4.30. The predicted molar refractivity (Wildman–Crippen MR) is 104 cm³/mol. The van der Waals surface area contributed by atoms with Crippen molar-refractivity contribution < 1.29 is 24.2 Å². The Morgan fingerprint density at radius 1 is 1.24 bits per heavy atom. The molecule has 0 spiro atoms. The average molecular weight is 400 g/mol. The van der Waals surface area contributed by atoms with Gasteiger partial charge in [0, 0.05) is 5.56 Å². The number of carbonyl (C=O) groups excluding carboxylic acids is 2. The van der Waals surface area contributed by atoms with Gasteiger partial charge in [0.25, 0.3) is 5.91 Å². The molecule has 9 heteroatoms. The summed E-state index contributed by atoms with van der Waals surface area (Å²) in [4.78, 5) is 31.4. The highest BCUT2D eigenvalue weighted by Gasteiger charge is 2.50. The monoisotopic (exact) mass is 400 g/mol. The van der Waals surface area contributed by atoms with Crippen molar-refractivity contribution in [2.24, 2.45) is 0 Å². The molecule has 1 amide bonds. The average Bonchev–Trinajstić information content (AvgIpc) is 2.67. The van der Waals surface area contributed by atoms with Crippen LogP contribution in [0.3, 0.4) is 0 Å². The normalized spacial score (nSPS) is 19.6. The molecule has 1 fully saturated rings. The third-order valence-electron chi connectivity index (χ3n) is 4.30. The van der Waals surface area contributed by atoms with E-state index in [0.29, 0.717) is 11.5 Å². The van der Waals surface area contributed by atoms with Crippen LogP contribution in [0, 0.1) is 0 Å². The lowest BCUT2D eigenvalue weighted by Gasteiger charge is -2.38. The molecule has 2 atom stereocenters. The van der Waals surface area contributed by atoms with Crippen LogP contribution in [-0.2, 0) is 19.1 Å². The first-order valence-corrected chi connectivity index (χ1v) is 9.22. The van der Waals surface area contributed by atoms with Gasteiger partial charge in [-0.15, -0.1) is 0 Å². The first-order chi connectivity index (χ1) is 13.6. The number of carbonyl (C=O) groups is 2. The lowest BCUT2D eigenvalue weighted by Crippen LogP contribution is -2.61. The highest BCUT2D eigenvalue weighted by atomic mass is 16.6. The van der Waals surface area contributed by atoms with Gasteiger partial charge in [0.05, 0.1) is 31.2 Å². The summed E-state index contributed by atoms with van der Waals surface area (Å²) in [6, 6.07) is 7.00. The number of amides is 1. The Morgan fingerprint density at radius 3 is 2.66 bits per heavy atom. The number of rotatable bonds is 4. The van der Waals surface area contributed by atoms with Crippen LogP contribution in [0.15, 0.2) is 36.7 Å². The van der Waals surface area contributed by atoms with Gasteiger partial charge in [-0.2, -0.15) is 10.2 Å². The van der Waals surface area contributed by atoms with Gasteiger partial charge in [0.2, 0.25) is 0 Å². The molecule has 3 heterocycles. The van der Waals surface area contributed by atoms with Gasteiger partial charge in [-0.3, -0.25) is 9.69 Å². The van der Waals surface area contributed by atoms with E-state index >= 15 is 0 Å². The maximum absolute atomic E-state index is 13.1. The summed E-state index contributed by atoms with van der Waals surface area (Å²) in [6.45, 7) is 6.64. The summed E-state index contributed by atoms with van der Waals surface area (Å²) in [6.07, 6.45) is 1.72. The van der Waals surface area contributed by atoms with Crippen molar-refractivity contribution in [1.82, 2.24) is 15.2 Å². The lowest BCUT2D eigenvalue weighted by atomic mass is 9.96. The van der Waals surface area contributed by atoms with Crippen LogP contribution in [0.4, 0.5) is 5.82 Å². The molecular weight excluding hydrogens is 376 g/mol. The smallest absolute Gasteiger partial charge is 0.341 e. The van der Waals surface area contributed by atoms with E-state index in [1.54, 1.807) is 57.4 Å². The van der Waals surface area contributed by atoms with E-state index in [2.05, 4.69) is 15.2 Å². The Bertz CT molecular complexity index is 895. The number of pyridine rings is 1. The van der Waals surface area contributed by atoms with Crippen molar-refractivity contribution in [2.45, 2.75) is 45.0 Å². The maximum Gasteiger partial charge on any atom is 0.341 e. The predicted octanol–water partition coefficient (Wildman–Crippen LogP) is 1.36. The summed E-state index contributed by atoms with van der Waals surface area (Å²) < 4.78 is 10.7. The van der Waals surface area contributed by atoms with E-state index in [-0.39, 0.29) is 13.2 Å². The van der Waals surface area contributed by atoms with Gasteiger partial charge >= 0.3 is 5.97 Å². The molecule has 0 aromatic carbocycles. The molecule has 0 bridgehead atoms. The Balaban J connectivity index is 1.86. The van der Waals surface area contributed by atoms with Gasteiger partial charge in [-0.25, -0.2) is 9.78 Å². The standard InChI is InChI=1S/C20H24N4O5/c1-19(2,3)29-18(26)20(4,27)16-17(25)24(10-11-28-16)15-7-5-6-14(23-15)13-8-9-21-22-12-13/h5-9,12,16,27H,10-11H2,1-4H3/t16-,20?/m0/s1. The highest BCUT2D eigenvalue weighted by molar-refractivity contribution is 6.01. The molecule has 1 unspecified atom stereocenters. The molecule has 154 valence electrons. The number of aromatic nitrogens is 3. The van der Waals surface area contributed by atoms with Crippen LogP contribution in [0.1, 0.15) is 27.7 Å². The molecule has 0 saturated carbocycles. The zero-order valence-electron chi connectivity index (χ0n) is 16.8. The molecule has 1 saturated heterocycles. The molecule has 1 aliphatic rings. The van der Waals surface area contributed by atoms with Gasteiger partial charge in [-0.05, 0) is 45.9 Å².